The maximum absolute atomic E-state index is 12.9. The summed E-state index contributed by atoms with van der Waals surface area (Å²) in [5.74, 6) is -0.578. The van der Waals surface area contributed by atoms with Gasteiger partial charge < -0.3 is 5.32 Å². The van der Waals surface area contributed by atoms with Gasteiger partial charge in [-0.15, -0.1) is 0 Å². The smallest absolute Gasteiger partial charge is 0.251 e. The van der Waals surface area contributed by atoms with E-state index in [1.165, 1.54) is 16.4 Å². The number of benzene rings is 3. The minimum absolute atomic E-state index is 0.213. The lowest BCUT2D eigenvalue weighted by Gasteiger charge is -2.20. The first-order valence-electron chi connectivity index (χ1n) is 9.57. The molecule has 30 heavy (non-hydrogen) atoms. The molecule has 3 rings (SSSR count). The molecule has 3 aromatic rings. The molecule has 0 aliphatic rings. The topological polar surface area (TPSA) is 66.5 Å². The molecule has 1 N–H and O–H groups in total. The minimum Gasteiger partial charge on any atom is -0.348 e. The fraction of sp³-hybridized carbons (Fsp3) is 0.174. The molecule has 5 nitrogen and oxygen atoms in total. The summed E-state index contributed by atoms with van der Waals surface area (Å²) in [5.41, 5.74) is 2.05. The molecule has 0 aliphatic heterocycles. The fourth-order valence-corrected chi connectivity index (χ4v) is 4.42. The Kier molecular flexibility index (Phi) is 6.97. The van der Waals surface area contributed by atoms with Crippen LogP contribution in [0.2, 0.25) is 0 Å². The van der Waals surface area contributed by atoms with Crippen LogP contribution in [0.25, 0.3) is 0 Å². The summed E-state index contributed by atoms with van der Waals surface area (Å²) in [6.45, 7) is 2.62. The number of hydrogen-bond acceptors (Lipinski definition) is 3. The van der Waals surface area contributed by atoms with Crippen LogP contribution >= 0.6 is 0 Å². The zero-order valence-electron chi connectivity index (χ0n) is 16.6. The van der Waals surface area contributed by atoms with Crippen LogP contribution in [0.5, 0.6) is 0 Å². The molecule has 1 amide bonds. The molecule has 7 heteroatoms. The Morgan fingerprint density at radius 2 is 1.50 bits per heavy atom. The summed E-state index contributed by atoms with van der Waals surface area (Å²) in [6.07, 6.45) is 0. The van der Waals surface area contributed by atoms with E-state index in [0.717, 1.165) is 11.1 Å². The molecule has 0 aliphatic carbocycles. The van der Waals surface area contributed by atoms with Gasteiger partial charge in [-0.1, -0.05) is 49.4 Å². The second kappa shape index (κ2) is 9.65. The zero-order valence-corrected chi connectivity index (χ0v) is 17.4. The van der Waals surface area contributed by atoms with Gasteiger partial charge in [-0.2, -0.15) is 4.31 Å². The molecule has 156 valence electrons. The average Bonchev–Trinajstić information content (AvgIpc) is 2.77. The normalized spacial score (nSPS) is 11.4. The highest BCUT2D eigenvalue weighted by Crippen LogP contribution is 2.18. The highest BCUT2D eigenvalue weighted by atomic mass is 32.2. The Hall–Kier alpha value is -3.03. The monoisotopic (exact) mass is 426 g/mol. The van der Waals surface area contributed by atoms with Crippen molar-refractivity contribution in [3.63, 3.8) is 0 Å². The molecule has 0 heterocycles. The number of rotatable bonds is 8. The Bertz CT molecular complexity index is 1080. The molecule has 3 aromatic carbocycles. The van der Waals surface area contributed by atoms with E-state index < -0.39 is 10.0 Å². The molecule has 0 saturated heterocycles. The van der Waals surface area contributed by atoms with Crippen molar-refractivity contribution in [2.45, 2.75) is 24.9 Å². The third-order valence-electron chi connectivity index (χ3n) is 4.68. The van der Waals surface area contributed by atoms with E-state index in [-0.39, 0.29) is 23.2 Å². The molecule has 0 atom stereocenters. The van der Waals surface area contributed by atoms with Gasteiger partial charge in [-0.3, -0.25) is 4.79 Å². The van der Waals surface area contributed by atoms with Gasteiger partial charge in [-0.05, 0) is 47.5 Å². The molecule has 0 radical (unpaired) electrons. The Labute approximate surface area is 176 Å². The van der Waals surface area contributed by atoms with Gasteiger partial charge in [0.05, 0.1) is 4.90 Å². The first-order valence-corrected chi connectivity index (χ1v) is 11.0. The summed E-state index contributed by atoms with van der Waals surface area (Å²) >= 11 is 0. The highest BCUT2D eigenvalue weighted by molar-refractivity contribution is 7.89. The van der Waals surface area contributed by atoms with E-state index in [1.54, 1.807) is 73.7 Å². The predicted molar refractivity (Wildman–Crippen MR) is 114 cm³/mol. The van der Waals surface area contributed by atoms with Gasteiger partial charge in [0.2, 0.25) is 10.0 Å². The highest BCUT2D eigenvalue weighted by Gasteiger charge is 2.22. The number of nitrogens with one attached hydrogen (secondary N) is 1. The quantitative estimate of drug-likeness (QED) is 0.593. The van der Waals surface area contributed by atoms with Crippen LogP contribution in [0.1, 0.15) is 28.4 Å². The number of hydrogen-bond donors (Lipinski definition) is 1. The number of nitrogens with zero attached hydrogens (tertiary/aromatic N) is 1. The van der Waals surface area contributed by atoms with E-state index in [0.29, 0.717) is 18.7 Å². The molecule has 0 aromatic heterocycles. The Balaban J connectivity index is 1.64. The number of amides is 1. The third-order valence-corrected chi connectivity index (χ3v) is 6.61. The predicted octanol–water partition coefficient (Wildman–Crippen LogP) is 3.97. The lowest BCUT2D eigenvalue weighted by molar-refractivity contribution is 0.0951. The van der Waals surface area contributed by atoms with Crippen molar-refractivity contribution in [3.05, 3.63) is 101 Å². The molecule has 0 saturated carbocycles. The van der Waals surface area contributed by atoms with Crippen LogP contribution in [0.15, 0.2) is 83.8 Å². The molecular weight excluding hydrogens is 403 g/mol. The lowest BCUT2D eigenvalue weighted by atomic mass is 10.1. The summed E-state index contributed by atoms with van der Waals surface area (Å²) in [5, 5.41) is 2.78. The first kappa shape index (κ1) is 21.7. The zero-order chi connectivity index (χ0) is 21.6. The molecular formula is C23H23FN2O3S. The van der Waals surface area contributed by atoms with Gasteiger partial charge >= 0.3 is 0 Å². The number of halogens is 1. The van der Waals surface area contributed by atoms with Crippen molar-refractivity contribution in [1.29, 1.82) is 0 Å². The first-order chi connectivity index (χ1) is 14.4. The van der Waals surface area contributed by atoms with Crippen LogP contribution in [0.3, 0.4) is 0 Å². The largest absolute Gasteiger partial charge is 0.348 e. The summed E-state index contributed by atoms with van der Waals surface area (Å²) in [6, 6.07) is 21.1. The summed E-state index contributed by atoms with van der Waals surface area (Å²) in [7, 11) is -3.59. The van der Waals surface area contributed by atoms with Gasteiger partial charge in [-0.25, -0.2) is 12.8 Å². The van der Waals surface area contributed by atoms with Crippen molar-refractivity contribution in [2.24, 2.45) is 0 Å². The SMILES string of the molecule is CCN(Cc1ccc(C(=O)NCc2ccc(F)cc2)cc1)S(=O)(=O)c1ccccc1. The maximum Gasteiger partial charge on any atom is 0.251 e. The van der Waals surface area contributed by atoms with Crippen molar-refractivity contribution < 1.29 is 17.6 Å². The molecule has 0 bridgehead atoms. The van der Waals surface area contributed by atoms with Gasteiger partial charge in [0.25, 0.3) is 5.91 Å². The number of carbonyl (C=O) groups is 1. The van der Waals surface area contributed by atoms with Crippen LogP contribution < -0.4 is 5.32 Å². The third kappa shape index (κ3) is 5.31. The van der Waals surface area contributed by atoms with Gasteiger partial charge in [0.15, 0.2) is 0 Å². The molecule has 0 fully saturated rings. The number of sulfonamides is 1. The minimum atomic E-state index is -3.59. The van der Waals surface area contributed by atoms with Crippen molar-refractivity contribution in [2.75, 3.05) is 6.54 Å². The van der Waals surface area contributed by atoms with Crippen LogP contribution in [-0.4, -0.2) is 25.2 Å². The summed E-state index contributed by atoms with van der Waals surface area (Å²) < 4.78 is 40.0. The van der Waals surface area contributed by atoms with Crippen molar-refractivity contribution >= 4 is 15.9 Å². The van der Waals surface area contributed by atoms with E-state index >= 15 is 0 Å². The summed E-state index contributed by atoms with van der Waals surface area (Å²) in [4.78, 5) is 12.6. The second-order valence-electron chi connectivity index (χ2n) is 6.75. The molecule has 0 unspecified atom stereocenters. The van der Waals surface area contributed by atoms with Crippen molar-refractivity contribution in [3.8, 4) is 0 Å². The molecule has 0 spiro atoms. The van der Waals surface area contributed by atoms with E-state index in [9.17, 15) is 17.6 Å². The van der Waals surface area contributed by atoms with E-state index in [4.69, 9.17) is 0 Å². The fourth-order valence-electron chi connectivity index (χ4n) is 2.96. The Morgan fingerprint density at radius 3 is 2.10 bits per heavy atom. The van der Waals surface area contributed by atoms with Crippen LogP contribution in [0.4, 0.5) is 4.39 Å². The van der Waals surface area contributed by atoms with Gasteiger partial charge in [0, 0.05) is 25.2 Å². The number of carbonyl (C=O) groups excluding carboxylic acids is 1. The van der Waals surface area contributed by atoms with Gasteiger partial charge in [0.1, 0.15) is 5.82 Å². The van der Waals surface area contributed by atoms with Crippen molar-refractivity contribution in [1.82, 2.24) is 9.62 Å². The van der Waals surface area contributed by atoms with Crippen LogP contribution in [-0.2, 0) is 23.1 Å². The maximum atomic E-state index is 12.9. The average molecular weight is 427 g/mol. The lowest BCUT2D eigenvalue weighted by Crippen LogP contribution is -2.30. The second-order valence-corrected chi connectivity index (χ2v) is 8.69. The van der Waals surface area contributed by atoms with E-state index in [2.05, 4.69) is 5.32 Å². The Morgan fingerprint density at radius 1 is 0.900 bits per heavy atom. The van der Waals surface area contributed by atoms with E-state index in [1.807, 2.05) is 0 Å². The standard InChI is InChI=1S/C23H23FN2O3S/c1-2-26(30(28,29)22-6-4-3-5-7-22)17-19-8-12-20(13-9-19)23(27)25-16-18-10-14-21(24)15-11-18/h3-15H,2,16-17H2,1H3,(H,25,27). The van der Waals surface area contributed by atoms with Crippen LogP contribution in [0, 0.1) is 5.82 Å².